The lowest BCUT2D eigenvalue weighted by molar-refractivity contribution is 1.26. The Balaban J connectivity index is 1.59. The molecule has 0 atom stereocenters. The molecular weight excluding hydrogens is 418 g/mol. The Morgan fingerprint density at radius 3 is 2.32 bits per heavy atom. The fraction of sp³-hybridized carbons (Fsp3) is 0. The smallest absolute Gasteiger partial charge is 0.163 e. The van der Waals surface area contributed by atoms with Crippen molar-refractivity contribution in [3.63, 3.8) is 0 Å². The monoisotopic (exact) mass is 431 g/mol. The molecule has 3 nitrogen and oxygen atoms in total. The highest BCUT2D eigenvalue weighted by atomic mass is 32.1. The van der Waals surface area contributed by atoms with Crippen LogP contribution in [0, 0.1) is 0 Å². The van der Waals surface area contributed by atoms with E-state index in [0.29, 0.717) is 0 Å². The fourth-order valence-electron chi connectivity index (χ4n) is 4.92. The number of thiophene rings is 2. The maximum Gasteiger partial charge on any atom is 0.163 e. The molecule has 3 aromatic carbocycles. The Bertz CT molecular complexity index is 2010. The summed E-state index contributed by atoms with van der Waals surface area (Å²) >= 11 is 3.76. The molecule has 0 radical (unpaired) electrons. The van der Waals surface area contributed by atoms with Gasteiger partial charge in [-0.05, 0) is 36.4 Å². The highest BCUT2D eigenvalue weighted by Gasteiger charge is 2.15. The van der Waals surface area contributed by atoms with E-state index in [4.69, 9.17) is 0 Å². The molecule has 0 aliphatic heterocycles. The Morgan fingerprint density at radius 1 is 0.581 bits per heavy atom. The van der Waals surface area contributed by atoms with Gasteiger partial charge < -0.3 is 0 Å². The average molecular weight is 432 g/mol. The van der Waals surface area contributed by atoms with Gasteiger partial charge >= 0.3 is 0 Å². The number of hydrogen-bond donors (Lipinski definition) is 0. The summed E-state index contributed by atoms with van der Waals surface area (Å²) in [4.78, 5) is 9.23. The molecule has 0 saturated heterocycles. The third-order valence-corrected chi connectivity index (χ3v) is 8.55. The van der Waals surface area contributed by atoms with Gasteiger partial charge in [0.05, 0.1) is 5.52 Å². The molecule has 8 rings (SSSR count). The molecular formula is C26H13N3S2. The van der Waals surface area contributed by atoms with Crippen molar-refractivity contribution in [2.24, 2.45) is 0 Å². The van der Waals surface area contributed by atoms with Crippen LogP contribution in [0.1, 0.15) is 0 Å². The minimum absolute atomic E-state index is 0.910. The van der Waals surface area contributed by atoms with Crippen molar-refractivity contribution in [3.05, 3.63) is 79.3 Å². The predicted molar refractivity (Wildman–Crippen MR) is 134 cm³/mol. The van der Waals surface area contributed by atoms with Gasteiger partial charge in [-0.25, -0.2) is 4.98 Å². The maximum absolute atomic E-state index is 4.64. The van der Waals surface area contributed by atoms with Crippen molar-refractivity contribution in [1.82, 2.24) is 14.4 Å². The normalized spacial score (nSPS) is 12.5. The second kappa shape index (κ2) is 5.58. The quantitative estimate of drug-likeness (QED) is 0.230. The lowest BCUT2D eigenvalue weighted by Crippen LogP contribution is -1.92. The molecule has 0 unspecified atom stereocenters. The van der Waals surface area contributed by atoms with Gasteiger partial charge in [-0.2, -0.15) is 0 Å². The molecule has 8 aromatic rings. The van der Waals surface area contributed by atoms with E-state index >= 15 is 0 Å². The summed E-state index contributed by atoms with van der Waals surface area (Å²) in [6, 6.07) is 22.3. The first-order valence-electron chi connectivity index (χ1n) is 10.2. The van der Waals surface area contributed by atoms with Gasteiger partial charge in [0.1, 0.15) is 5.52 Å². The fourth-order valence-corrected chi connectivity index (χ4v) is 7.27. The van der Waals surface area contributed by atoms with E-state index in [9.17, 15) is 0 Å². The van der Waals surface area contributed by atoms with Crippen LogP contribution in [0.4, 0.5) is 0 Å². The van der Waals surface area contributed by atoms with Crippen LogP contribution in [0.25, 0.3) is 67.8 Å². The second-order valence-electron chi connectivity index (χ2n) is 7.93. The predicted octanol–water partition coefficient (Wildman–Crippen LogP) is 7.77. The molecule has 0 N–H and O–H groups in total. The van der Waals surface area contributed by atoms with E-state index in [-0.39, 0.29) is 0 Å². The molecule has 5 aromatic heterocycles. The first kappa shape index (κ1) is 16.2. The minimum Gasteiger partial charge on any atom is -0.298 e. The zero-order valence-corrected chi connectivity index (χ0v) is 17.8. The first-order chi connectivity index (χ1) is 15.3. The van der Waals surface area contributed by atoms with E-state index in [0.717, 1.165) is 16.6 Å². The molecule has 5 heterocycles. The second-order valence-corrected chi connectivity index (χ2v) is 10.1. The third kappa shape index (κ3) is 2.02. The van der Waals surface area contributed by atoms with Crippen molar-refractivity contribution in [1.29, 1.82) is 0 Å². The van der Waals surface area contributed by atoms with Crippen LogP contribution in [-0.2, 0) is 0 Å². The van der Waals surface area contributed by atoms with Gasteiger partial charge in [-0.15, -0.1) is 22.7 Å². The van der Waals surface area contributed by atoms with Gasteiger partial charge in [0, 0.05) is 69.7 Å². The summed E-state index contributed by atoms with van der Waals surface area (Å²) in [5.41, 5.74) is 3.04. The van der Waals surface area contributed by atoms with Gasteiger partial charge in [-0.1, -0.05) is 24.3 Å². The van der Waals surface area contributed by atoms with E-state index < -0.39 is 0 Å². The average Bonchev–Trinajstić information content (AvgIpc) is 3.51. The zero-order valence-electron chi connectivity index (χ0n) is 16.2. The standard InChI is InChI=1S/C26H13N3S2/c1-2-6-21-14(4-1)17-10-18-19-11-20-16(12-22(19)31-24(18)13-23(17)30-21)15-5-3-7-27-25(15)26-28-8-9-29(20)26/h1-13H. The van der Waals surface area contributed by atoms with Crippen LogP contribution in [0.3, 0.4) is 0 Å². The molecule has 144 valence electrons. The Labute approximate surface area is 183 Å². The number of pyridine rings is 2. The number of rotatable bonds is 0. The molecule has 0 aliphatic rings. The van der Waals surface area contributed by atoms with Crippen molar-refractivity contribution >= 4 is 90.5 Å². The Kier molecular flexibility index (Phi) is 2.91. The van der Waals surface area contributed by atoms with Crippen molar-refractivity contribution in [3.8, 4) is 0 Å². The molecule has 0 aliphatic carbocycles. The highest BCUT2D eigenvalue weighted by molar-refractivity contribution is 7.28. The third-order valence-electron chi connectivity index (χ3n) is 6.30. The van der Waals surface area contributed by atoms with Crippen LogP contribution >= 0.6 is 22.7 Å². The topological polar surface area (TPSA) is 30.2 Å². The van der Waals surface area contributed by atoms with Crippen LogP contribution in [0.5, 0.6) is 0 Å². The van der Waals surface area contributed by atoms with Gasteiger partial charge in [0.25, 0.3) is 0 Å². The molecule has 5 heteroatoms. The number of nitrogens with zero attached hydrogens (tertiary/aromatic N) is 3. The van der Waals surface area contributed by atoms with E-state index in [1.165, 1.54) is 51.2 Å². The molecule has 31 heavy (non-hydrogen) atoms. The van der Waals surface area contributed by atoms with Crippen LogP contribution in [0.15, 0.2) is 79.3 Å². The van der Waals surface area contributed by atoms with Gasteiger partial charge in [-0.3, -0.25) is 9.38 Å². The summed E-state index contributed by atoms with van der Waals surface area (Å²) in [5.74, 6) is 0. The highest BCUT2D eigenvalue weighted by Crippen LogP contribution is 2.43. The number of fused-ring (bicyclic) bond motifs is 12. The summed E-state index contributed by atoms with van der Waals surface area (Å²) in [6.45, 7) is 0. The van der Waals surface area contributed by atoms with Crippen molar-refractivity contribution in [2.45, 2.75) is 0 Å². The lowest BCUT2D eigenvalue weighted by atomic mass is 10.0. The molecule has 0 amide bonds. The molecule has 0 saturated carbocycles. The summed E-state index contributed by atoms with van der Waals surface area (Å²) in [5, 5.41) is 7.71. The number of aromatic nitrogens is 3. The largest absolute Gasteiger partial charge is 0.298 e. The van der Waals surface area contributed by atoms with Gasteiger partial charge in [0.2, 0.25) is 0 Å². The molecule has 0 bridgehead atoms. The van der Waals surface area contributed by atoms with Gasteiger partial charge in [0.15, 0.2) is 5.65 Å². The SMILES string of the molecule is c1ccc2c(c1)sc1cc3sc4cc5c6cccnc6c6nccn6c5cc4c3cc12. The number of imidazole rings is 1. The summed E-state index contributed by atoms with van der Waals surface area (Å²) in [7, 11) is 0. The van der Waals surface area contributed by atoms with E-state index in [1.807, 2.05) is 47.3 Å². The zero-order chi connectivity index (χ0) is 20.1. The minimum atomic E-state index is 0.910. The van der Waals surface area contributed by atoms with E-state index in [1.54, 1.807) is 0 Å². The Hall–Kier alpha value is -3.54. The maximum atomic E-state index is 4.64. The van der Waals surface area contributed by atoms with Crippen LogP contribution in [-0.4, -0.2) is 14.4 Å². The molecule has 0 spiro atoms. The number of hydrogen-bond acceptors (Lipinski definition) is 4. The van der Waals surface area contributed by atoms with Crippen LogP contribution in [0.2, 0.25) is 0 Å². The summed E-state index contributed by atoms with van der Waals surface area (Å²) in [6.07, 6.45) is 5.74. The van der Waals surface area contributed by atoms with Crippen LogP contribution < -0.4 is 0 Å². The summed E-state index contributed by atoms with van der Waals surface area (Å²) < 4.78 is 7.54. The van der Waals surface area contributed by atoms with E-state index in [2.05, 4.69) is 69.0 Å². The first-order valence-corrected chi connectivity index (χ1v) is 11.8. The molecule has 0 fully saturated rings. The van der Waals surface area contributed by atoms with Crippen molar-refractivity contribution in [2.75, 3.05) is 0 Å². The number of benzene rings is 3. The Morgan fingerprint density at radius 2 is 1.35 bits per heavy atom. The van der Waals surface area contributed by atoms with Crippen molar-refractivity contribution < 1.29 is 0 Å². The lowest BCUT2D eigenvalue weighted by Gasteiger charge is -2.08.